The molecule has 0 fully saturated rings. The van der Waals surface area contributed by atoms with Crippen LogP contribution in [0.3, 0.4) is 0 Å². The summed E-state index contributed by atoms with van der Waals surface area (Å²) < 4.78 is 5.14. The van der Waals surface area contributed by atoms with Crippen molar-refractivity contribution < 1.29 is 14.3 Å². The van der Waals surface area contributed by atoms with Gasteiger partial charge in [-0.25, -0.2) is 0 Å². The third-order valence-electron chi connectivity index (χ3n) is 3.27. The zero-order chi connectivity index (χ0) is 16.5. The lowest BCUT2D eigenvalue weighted by Crippen LogP contribution is -2.27. The molecule has 0 spiro atoms. The van der Waals surface area contributed by atoms with Crippen molar-refractivity contribution in [1.82, 2.24) is 10.6 Å². The van der Waals surface area contributed by atoms with E-state index in [1.807, 2.05) is 29.6 Å². The Morgan fingerprint density at radius 2 is 2.09 bits per heavy atom. The van der Waals surface area contributed by atoms with Crippen LogP contribution in [0.15, 0.2) is 41.1 Å². The van der Waals surface area contributed by atoms with E-state index in [2.05, 4.69) is 10.6 Å². The first-order valence-corrected chi connectivity index (χ1v) is 8.33. The molecular formula is C17H20N2O3S. The van der Waals surface area contributed by atoms with Gasteiger partial charge in [-0.05, 0) is 35.6 Å². The third-order valence-corrected chi connectivity index (χ3v) is 3.96. The molecule has 5 nitrogen and oxygen atoms in total. The zero-order valence-electron chi connectivity index (χ0n) is 13.0. The molecule has 0 aliphatic heterocycles. The van der Waals surface area contributed by atoms with Gasteiger partial charge in [0.1, 0.15) is 5.75 Å². The summed E-state index contributed by atoms with van der Waals surface area (Å²) in [6.45, 7) is 0.957. The summed E-state index contributed by atoms with van der Waals surface area (Å²) in [6.07, 6.45) is 0.994. The van der Waals surface area contributed by atoms with Gasteiger partial charge in [0.2, 0.25) is 5.91 Å². The highest BCUT2D eigenvalue weighted by atomic mass is 32.1. The first kappa shape index (κ1) is 17.0. The molecule has 2 N–H and O–H groups in total. The molecule has 0 unspecified atom stereocenters. The molecule has 0 bridgehead atoms. The Balaban J connectivity index is 1.62. The van der Waals surface area contributed by atoms with Crippen LogP contribution in [-0.4, -0.2) is 25.5 Å². The first-order valence-electron chi connectivity index (χ1n) is 7.39. The van der Waals surface area contributed by atoms with E-state index in [9.17, 15) is 9.59 Å². The number of carbonyl (C=O) groups is 2. The van der Waals surface area contributed by atoms with Crippen LogP contribution < -0.4 is 15.4 Å². The van der Waals surface area contributed by atoms with Gasteiger partial charge in [-0.1, -0.05) is 12.1 Å². The minimum absolute atomic E-state index is 0.0300. The molecule has 0 radical (unpaired) electrons. The molecule has 1 aromatic carbocycles. The highest BCUT2D eigenvalue weighted by Crippen LogP contribution is 2.12. The van der Waals surface area contributed by atoms with E-state index >= 15 is 0 Å². The lowest BCUT2D eigenvalue weighted by atomic mass is 10.2. The lowest BCUT2D eigenvalue weighted by molar-refractivity contribution is -0.121. The van der Waals surface area contributed by atoms with Crippen LogP contribution in [0, 0.1) is 0 Å². The van der Waals surface area contributed by atoms with Crippen LogP contribution in [-0.2, 0) is 11.3 Å². The maximum Gasteiger partial charge on any atom is 0.252 e. The molecular weight excluding hydrogens is 312 g/mol. The van der Waals surface area contributed by atoms with E-state index < -0.39 is 0 Å². The summed E-state index contributed by atoms with van der Waals surface area (Å²) in [5.74, 6) is 0.647. The average molecular weight is 332 g/mol. The van der Waals surface area contributed by atoms with Crippen molar-refractivity contribution in [3.8, 4) is 5.75 Å². The standard InChI is InChI=1S/C17H20N2O3S/c1-22-15-5-2-4-13(10-15)11-19-16(20)6-3-8-18-17(21)14-7-9-23-12-14/h2,4-5,7,9-10,12H,3,6,8,11H2,1H3,(H,18,21)(H,19,20). The van der Waals surface area contributed by atoms with Gasteiger partial charge >= 0.3 is 0 Å². The second-order valence-electron chi connectivity index (χ2n) is 5.00. The van der Waals surface area contributed by atoms with Crippen LogP contribution in [0.5, 0.6) is 5.75 Å². The van der Waals surface area contributed by atoms with Crippen molar-refractivity contribution >= 4 is 23.2 Å². The van der Waals surface area contributed by atoms with Crippen LogP contribution in [0.25, 0.3) is 0 Å². The van der Waals surface area contributed by atoms with Crippen LogP contribution >= 0.6 is 11.3 Å². The second kappa shape index (κ2) is 8.95. The maximum atomic E-state index is 11.8. The number of hydrogen-bond donors (Lipinski definition) is 2. The fourth-order valence-corrected chi connectivity index (χ4v) is 2.65. The molecule has 0 aliphatic rings. The summed E-state index contributed by atoms with van der Waals surface area (Å²) in [6, 6.07) is 9.36. The van der Waals surface area contributed by atoms with E-state index in [4.69, 9.17) is 4.74 Å². The molecule has 0 saturated heterocycles. The fraction of sp³-hybridized carbons (Fsp3) is 0.294. The molecule has 122 valence electrons. The van der Waals surface area contributed by atoms with E-state index in [-0.39, 0.29) is 11.8 Å². The van der Waals surface area contributed by atoms with Crippen molar-refractivity contribution in [2.24, 2.45) is 0 Å². The predicted octanol–water partition coefficient (Wildman–Crippen LogP) is 2.58. The molecule has 0 aliphatic carbocycles. The van der Waals surface area contributed by atoms with Gasteiger partial charge in [0.05, 0.1) is 7.11 Å². The molecule has 23 heavy (non-hydrogen) atoms. The molecule has 0 saturated carbocycles. The SMILES string of the molecule is COc1cccc(CNC(=O)CCCNC(=O)c2ccsc2)c1. The van der Waals surface area contributed by atoms with Gasteiger partial charge < -0.3 is 15.4 Å². The number of rotatable bonds is 8. The number of amides is 2. The minimum Gasteiger partial charge on any atom is -0.497 e. The maximum absolute atomic E-state index is 11.8. The van der Waals surface area contributed by atoms with Gasteiger partial charge in [0.15, 0.2) is 0 Å². The average Bonchev–Trinajstić information content (AvgIpc) is 3.11. The monoisotopic (exact) mass is 332 g/mol. The van der Waals surface area contributed by atoms with Gasteiger partial charge in [0, 0.05) is 30.5 Å². The predicted molar refractivity (Wildman–Crippen MR) is 90.7 cm³/mol. The summed E-state index contributed by atoms with van der Waals surface area (Å²) in [5, 5.41) is 9.32. The molecule has 0 atom stereocenters. The molecule has 6 heteroatoms. The lowest BCUT2D eigenvalue weighted by Gasteiger charge is -2.07. The van der Waals surface area contributed by atoms with Crippen molar-refractivity contribution in [3.63, 3.8) is 0 Å². The van der Waals surface area contributed by atoms with Gasteiger partial charge in [-0.2, -0.15) is 11.3 Å². The van der Waals surface area contributed by atoms with Crippen molar-refractivity contribution in [3.05, 3.63) is 52.2 Å². The highest BCUT2D eigenvalue weighted by Gasteiger charge is 2.06. The number of ether oxygens (including phenoxy) is 1. The number of methoxy groups -OCH3 is 1. The number of hydrogen-bond acceptors (Lipinski definition) is 4. The van der Waals surface area contributed by atoms with Crippen LogP contribution in [0.1, 0.15) is 28.8 Å². The van der Waals surface area contributed by atoms with E-state index in [0.717, 1.165) is 11.3 Å². The Bertz CT molecular complexity index is 641. The first-order chi connectivity index (χ1) is 11.2. The Morgan fingerprint density at radius 3 is 2.83 bits per heavy atom. The molecule has 1 aromatic heterocycles. The van der Waals surface area contributed by atoms with Crippen LogP contribution in [0.2, 0.25) is 0 Å². The van der Waals surface area contributed by atoms with Gasteiger partial charge in [-0.3, -0.25) is 9.59 Å². The van der Waals surface area contributed by atoms with E-state index in [1.54, 1.807) is 18.6 Å². The van der Waals surface area contributed by atoms with Gasteiger partial charge in [0.25, 0.3) is 5.91 Å². The molecule has 2 rings (SSSR count). The number of carbonyl (C=O) groups excluding carboxylic acids is 2. The van der Waals surface area contributed by atoms with Gasteiger partial charge in [-0.15, -0.1) is 0 Å². The number of benzene rings is 1. The normalized spacial score (nSPS) is 10.1. The quantitative estimate of drug-likeness (QED) is 0.730. The Kier molecular flexibility index (Phi) is 6.62. The van der Waals surface area contributed by atoms with Crippen molar-refractivity contribution in [1.29, 1.82) is 0 Å². The summed E-state index contributed by atoms with van der Waals surface area (Å²) >= 11 is 1.49. The minimum atomic E-state index is -0.0944. The molecule has 1 heterocycles. The Morgan fingerprint density at radius 1 is 1.22 bits per heavy atom. The van der Waals surface area contributed by atoms with E-state index in [1.165, 1.54) is 11.3 Å². The van der Waals surface area contributed by atoms with Crippen LogP contribution in [0.4, 0.5) is 0 Å². The molecule has 2 aromatic rings. The smallest absolute Gasteiger partial charge is 0.252 e. The molecule has 2 amide bonds. The topological polar surface area (TPSA) is 67.4 Å². The second-order valence-corrected chi connectivity index (χ2v) is 5.78. The third kappa shape index (κ3) is 5.75. The zero-order valence-corrected chi connectivity index (χ0v) is 13.8. The summed E-state index contributed by atoms with van der Waals surface area (Å²) in [7, 11) is 1.61. The number of thiophene rings is 1. The highest BCUT2D eigenvalue weighted by molar-refractivity contribution is 7.08. The number of nitrogens with one attached hydrogen (secondary N) is 2. The summed E-state index contributed by atoms with van der Waals surface area (Å²) in [4.78, 5) is 23.5. The van der Waals surface area contributed by atoms with Crippen molar-refractivity contribution in [2.75, 3.05) is 13.7 Å². The Labute approximate surface area is 139 Å². The summed E-state index contributed by atoms with van der Waals surface area (Å²) in [5.41, 5.74) is 1.65. The van der Waals surface area contributed by atoms with Crippen molar-refractivity contribution in [2.45, 2.75) is 19.4 Å². The fourth-order valence-electron chi connectivity index (χ4n) is 2.02. The Hall–Kier alpha value is -2.34. The van der Waals surface area contributed by atoms with E-state index in [0.29, 0.717) is 31.5 Å². The largest absolute Gasteiger partial charge is 0.497 e.